The maximum atomic E-state index is 5.49. The van der Waals surface area contributed by atoms with Crippen molar-refractivity contribution in [2.24, 2.45) is 0 Å². The van der Waals surface area contributed by atoms with Gasteiger partial charge < -0.3 is 4.57 Å². The van der Waals surface area contributed by atoms with Gasteiger partial charge in [-0.2, -0.15) is 0 Å². The Bertz CT molecular complexity index is 4630. The average molecular weight is 1000 g/mol. The molecule has 354 valence electrons. The van der Waals surface area contributed by atoms with Crippen LogP contribution < -0.4 is 0 Å². The Morgan fingerprint density at radius 2 is 0.776 bits per heavy atom. The van der Waals surface area contributed by atoms with E-state index in [1.165, 1.54) is 78.9 Å². The molecule has 4 nitrogen and oxygen atoms in total. The molecule has 0 N–H and O–H groups in total. The van der Waals surface area contributed by atoms with Gasteiger partial charge in [-0.05, 0) is 93.5 Å². The lowest BCUT2D eigenvalue weighted by molar-refractivity contribution is 1.01. The Balaban J connectivity index is 0.974. The lowest BCUT2D eigenvalue weighted by Crippen LogP contribution is -2.04. The van der Waals surface area contributed by atoms with Crippen LogP contribution in [0.2, 0.25) is 0 Å². The fourth-order valence-electron chi connectivity index (χ4n) is 12.1. The monoisotopic (exact) mass is 1000 g/mol. The van der Waals surface area contributed by atoms with E-state index >= 15 is 0 Å². The van der Waals surface area contributed by atoms with Gasteiger partial charge in [0.2, 0.25) is 0 Å². The molecular weight excluding hydrogens is 961 g/mol. The van der Waals surface area contributed by atoms with Gasteiger partial charge in [0.25, 0.3) is 0 Å². The highest BCUT2D eigenvalue weighted by molar-refractivity contribution is 7.26. The number of hydrogen-bond acceptors (Lipinski definition) is 5. The van der Waals surface area contributed by atoms with Crippen LogP contribution in [-0.2, 0) is 0 Å². The second-order valence-electron chi connectivity index (χ2n) is 19.8. The second kappa shape index (κ2) is 17.1. The van der Waals surface area contributed by atoms with E-state index in [0.29, 0.717) is 17.5 Å². The summed E-state index contributed by atoms with van der Waals surface area (Å²) < 4.78 is 7.46. The van der Waals surface area contributed by atoms with Crippen molar-refractivity contribution in [3.05, 3.63) is 265 Å². The molecule has 11 aromatic carbocycles. The molecule has 15 aromatic rings. The Morgan fingerprint density at radius 1 is 0.289 bits per heavy atom. The molecule has 0 radical (unpaired) electrons. The summed E-state index contributed by atoms with van der Waals surface area (Å²) in [5.74, 6) is 1.97. The maximum absolute atomic E-state index is 5.49. The highest BCUT2D eigenvalue weighted by atomic mass is 32.1. The Labute approximate surface area is 446 Å². The van der Waals surface area contributed by atoms with Crippen LogP contribution in [0.3, 0.4) is 0 Å². The fourth-order valence-corrected chi connectivity index (χ4v) is 14.4. The number of aromatic nitrogens is 4. The summed E-state index contributed by atoms with van der Waals surface area (Å²) in [5, 5.41) is 7.43. The summed E-state index contributed by atoms with van der Waals surface area (Å²) in [6.07, 6.45) is 0. The van der Waals surface area contributed by atoms with E-state index in [0.717, 1.165) is 55.7 Å². The van der Waals surface area contributed by atoms with Crippen LogP contribution >= 0.6 is 22.7 Å². The van der Waals surface area contributed by atoms with Crippen molar-refractivity contribution in [3.8, 4) is 73.2 Å². The van der Waals surface area contributed by atoms with Gasteiger partial charge in [0.05, 0.1) is 16.7 Å². The number of nitrogens with zero attached hydrogens (tertiary/aromatic N) is 4. The number of benzene rings is 11. The number of para-hydroxylation sites is 1. The first kappa shape index (κ1) is 43.1. The minimum atomic E-state index is 0.0965. The molecule has 1 atom stereocenters. The molecular formula is C70H42N4S2. The zero-order valence-corrected chi connectivity index (χ0v) is 42.5. The number of hydrogen-bond donors (Lipinski definition) is 0. The topological polar surface area (TPSA) is 43.6 Å². The van der Waals surface area contributed by atoms with E-state index in [9.17, 15) is 0 Å². The van der Waals surface area contributed by atoms with E-state index < -0.39 is 0 Å². The average Bonchev–Trinajstić information content (AvgIpc) is 4.30. The largest absolute Gasteiger partial charge is 0.308 e. The van der Waals surface area contributed by atoms with Gasteiger partial charge >= 0.3 is 0 Å². The SMILES string of the molecule is c1ccc(-c2cc(-c3nc(-c4ccc5c(c4)sc4ccccc45)nc(-c4ccc5c(c4)sc4ccccc45)n3)cc(-c3ccccc3)c2-n2c3ccccc3c3cc4c(cc32)C(c2ccccc2)c2ccccc2-4)cc1. The lowest BCUT2D eigenvalue weighted by Gasteiger charge is -2.21. The van der Waals surface area contributed by atoms with Gasteiger partial charge in [0.1, 0.15) is 0 Å². The smallest absolute Gasteiger partial charge is 0.164 e. The van der Waals surface area contributed by atoms with Crippen molar-refractivity contribution in [1.82, 2.24) is 19.5 Å². The van der Waals surface area contributed by atoms with Crippen LogP contribution in [0.5, 0.6) is 0 Å². The molecule has 0 bridgehead atoms. The van der Waals surface area contributed by atoms with Crippen molar-refractivity contribution >= 4 is 84.8 Å². The third-order valence-corrected chi connectivity index (χ3v) is 17.8. The highest BCUT2D eigenvalue weighted by Crippen LogP contribution is 2.52. The van der Waals surface area contributed by atoms with Gasteiger partial charge in [-0.15, -0.1) is 22.7 Å². The standard InChI is InChI=1S/C70H42N4S2/c1-4-18-42(19-5-1)55-36-47(70-72-68(45-32-34-52-50-26-13-16-30-62(50)75-64(52)38-45)71-69(73-70)46-33-35-53-51-27-14-17-31-63(51)76-65(53)39-46)37-56(43-20-6-2-7-21-43)67(55)74-60-29-15-12-25-49(60)58-40-57-48-24-10-11-28-54(48)66(59(57)41-61(58)74)44-22-8-3-9-23-44/h1-41,66H. The van der Waals surface area contributed by atoms with E-state index in [2.05, 4.69) is 253 Å². The van der Waals surface area contributed by atoms with Gasteiger partial charge in [-0.3, -0.25) is 0 Å². The van der Waals surface area contributed by atoms with E-state index in [-0.39, 0.29) is 5.92 Å². The number of thiophene rings is 2. The second-order valence-corrected chi connectivity index (χ2v) is 22.0. The zero-order valence-electron chi connectivity index (χ0n) is 40.9. The van der Waals surface area contributed by atoms with Crippen molar-refractivity contribution in [2.45, 2.75) is 5.92 Å². The van der Waals surface area contributed by atoms with Crippen molar-refractivity contribution in [3.63, 3.8) is 0 Å². The molecule has 76 heavy (non-hydrogen) atoms. The summed E-state index contributed by atoms with van der Waals surface area (Å²) in [6.45, 7) is 0. The zero-order chi connectivity index (χ0) is 49.8. The fraction of sp³-hybridized carbons (Fsp3) is 0.0143. The van der Waals surface area contributed by atoms with E-state index in [1.54, 1.807) is 22.7 Å². The summed E-state index contributed by atoms with van der Waals surface area (Å²) in [6, 6.07) is 90.8. The van der Waals surface area contributed by atoms with Crippen LogP contribution in [0.25, 0.3) is 135 Å². The molecule has 6 heteroatoms. The molecule has 0 fully saturated rings. The predicted molar refractivity (Wildman–Crippen MR) is 320 cm³/mol. The molecule has 16 rings (SSSR count). The summed E-state index contributed by atoms with van der Waals surface area (Å²) in [4.78, 5) is 16.3. The van der Waals surface area contributed by atoms with Crippen molar-refractivity contribution in [2.75, 3.05) is 0 Å². The van der Waals surface area contributed by atoms with Gasteiger partial charge in [0.15, 0.2) is 17.5 Å². The Hall–Kier alpha value is -9.33. The molecule has 0 spiro atoms. The lowest BCUT2D eigenvalue weighted by atomic mass is 9.89. The van der Waals surface area contributed by atoms with Crippen molar-refractivity contribution in [1.29, 1.82) is 0 Å². The first-order valence-electron chi connectivity index (χ1n) is 25.8. The van der Waals surface area contributed by atoms with Gasteiger partial charge in [-0.25, -0.2) is 15.0 Å². The molecule has 4 heterocycles. The summed E-state index contributed by atoms with van der Waals surface area (Å²) in [5.41, 5.74) is 17.1. The Kier molecular flexibility index (Phi) is 9.71. The normalized spacial score (nSPS) is 13.1. The highest BCUT2D eigenvalue weighted by Gasteiger charge is 2.32. The van der Waals surface area contributed by atoms with Crippen LogP contribution in [-0.4, -0.2) is 19.5 Å². The van der Waals surface area contributed by atoms with Crippen molar-refractivity contribution < 1.29 is 0 Å². The van der Waals surface area contributed by atoms with Gasteiger partial charge in [0, 0.05) is 84.9 Å². The summed E-state index contributed by atoms with van der Waals surface area (Å²) >= 11 is 3.61. The third-order valence-electron chi connectivity index (χ3n) is 15.5. The minimum absolute atomic E-state index is 0.0965. The van der Waals surface area contributed by atoms with Crippen LogP contribution in [0.15, 0.2) is 249 Å². The Morgan fingerprint density at radius 3 is 1.38 bits per heavy atom. The van der Waals surface area contributed by atoms with E-state index in [4.69, 9.17) is 15.0 Å². The summed E-state index contributed by atoms with van der Waals surface area (Å²) in [7, 11) is 0. The number of rotatable bonds is 7. The predicted octanol–water partition coefficient (Wildman–Crippen LogP) is 19.2. The van der Waals surface area contributed by atoms with Crippen LogP contribution in [0, 0.1) is 0 Å². The molecule has 1 aliphatic carbocycles. The minimum Gasteiger partial charge on any atom is -0.308 e. The molecule has 1 aliphatic rings. The molecule has 4 aromatic heterocycles. The van der Waals surface area contributed by atoms with Crippen LogP contribution in [0.1, 0.15) is 22.6 Å². The van der Waals surface area contributed by atoms with Gasteiger partial charge in [-0.1, -0.05) is 194 Å². The quantitative estimate of drug-likeness (QED) is 0.160. The molecule has 0 aliphatic heterocycles. The van der Waals surface area contributed by atoms with Crippen LogP contribution in [0.4, 0.5) is 0 Å². The molecule has 0 amide bonds. The molecule has 0 saturated carbocycles. The third kappa shape index (κ3) is 6.78. The number of fused-ring (bicyclic) bond motifs is 12. The molecule has 1 unspecified atom stereocenters. The first-order chi connectivity index (χ1) is 37.7. The molecule has 0 saturated heterocycles. The van der Waals surface area contributed by atoms with E-state index in [1.807, 2.05) is 0 Å². The maximum Gasteiger partial charge on any atom is 0.164 e. The first-order valence-corrected chi connectivity index (χ1v) is 27.4.